The maximum absolute atomic E-state index is 13.3. The highest BCUT2D eigenvalue weighted by molar-refractivity contribution is 7.92. The first-order chi connectivity index (χ1) is 14.9. The predicted octanol–water partition coefficient (Wildman–Crippen LogP) is 3.73. The molecule has 1 N–H and O–H groups in total. The third kappa shape index (κ3) is 5.55. The van der Waals surface area contributed by atoms with Crippen molar-refractivity contribution in [3.8, 4) is 0 Å². The van der Waals surface area contributed by atoms with Gasteiger partial charge in [0.2, 0.25) is 0 Å². The summed E-state index contributed by atoms with van der Waals surface area (Å²) in [5.41, 5.74) is 4.16. The average Bonchev–Trinajstić information content (AvgIpc) is 2.79. The Morgan fingerprint density at radius 3 is 2.32 bits per heavy atom. The maximum atomic E-state index is 13.3. The summed E-state index contributed by atoms with van der Waals surface area (Å²) in [5.74, 6) is -0.985. The molecule has 0 aromatic heterocycles. The molecule has 0 aliphatic heterocycles. The van der Waals surface area contributed by atoms with Crippen molar-refractivity contribution in [3.63, 3.8) is 0 Å². The predicted molar refractivity (Wildman–Crippen MR) is 119 cm³/mol. The molecule has 0 bridgehead atoms. The van der Waals surface area contributed by atoms with Crippen LogP contribution in [0, 0.1) is 5.82 Å². The number of nitrogens with zero attached hydrogens (tertiary/aromatic N) is 2. The van der Waals surface area contributed by atoms with E-state index >= 15 is 0 Å². The molecule has 0 fully saturated rings. The van der Waals surface area contributed by atoms with E-state index in [0.29, 0.717) is 17.7 Å². The molecule has 6 nitrogen and oxygen atoms in total. The Balaban J connectivity index is 1.86. The summed E-state index contributed by atoms with van der Waals surface area (Å²) >= 11 is 0. The third-order valence-corrected chi connectivity index (χ3v) is 6.31. The molecule has 3 rings (SSSR count). The van der Waals surface area contributed by atoms with Crippen LogP contribution in [0.4, 0.5) is 10.1 Å². The summed E-state index contributed by atoms with van der Waals surface area (Å²) in [4.78, 5) is 12.6. The number of carbonyl (C=O) groups is 1. The van der Waals surface area contributed by atoms with Gasteiger partial charge in [-0.25, -0.2) is 18.2 Å². The monoisotopic (exact) mass is 439 g/mol. The highest BCUT2D eigenvalue weighted by atomic mass is 32.2. The van der Waals surface area contributed by atoms with Gasteiger partial charge in [-0.1, -0.05) is 55.5 Å². The lowest BCUT2D eigenvalue weighted by atomic mass is 10.1. The van der Waals surface area contributed by atoms with Crippen molar-refractivity contribution < 1.29 is 17.6 Å². The maximum Gasteiger partial charge on any atom is 0.264 e. The molecule has 3 aromatic rings. The largest absolute Gasteiger partial charge is 0.271 e. The van der Waals surface area contributed by atoms with Crippen LogP contribution in [0.25, 0.3) is 0 Å². The third-order valence-electron chi connectivity index (χ3n) is 4.53. The summed E-state index contributed by atoms with van der Waals surface area (Å²) in [6.45, 7) is 1.47. The van der Waals surface area contributed by atoms with E-state index in [2.05, 4.69) is 10.5 Å². The Labute approximate surface area is 181 Å². The topological polar surface area (TPSA) is 78.8 Å². The summed E-state index contributed by atoms with van der Waals surface area (Å²) < 4.78 is 40.7. The molecule has 0 saturated heterocycles. The van der Waals surface area contributed by atoms with Crippen LogP contribution >= 0.6 is 0 Å². The highest BCUT2D eigenvalue weighted by Crippen LogP contribution is 2.27. The second kappa shape index (κ2) is 9.99. The first kappa shape index (κ1) is 22.2. The van der Waals surface area contributed by atoms with Crippen molar-refractivity contribution >= 4 is 27.8 Å². The number of nitrogens with one attached hydrogen (secondary N) is 1. The van der Waals surface area contributed by atoms with Crippen LogP contribution in [0.15, 0.2) is 88.9 Å². The van der Waals surface area contributed by atoms with Crippen molar-refractivity contribution in [1.29, 1.82) is 0 Å². The van der Waals surface area contributed by atoms with Gasteiger partial charge in [-0.05, 0) is 47.9 Å². The zero-order chi connectivity index (χ0) is 22.3. The Kier molecular flexibility index (Phi) is 7.15. The zero-order valence-corrected chi connectivity index (χ0v) is 17.7. The highest BCUT2D eigenvalue weighted by Gasteiger charge is 2.28. The normalized spacial score (nSPS) is 11.4. The van der Waals surface area contributed by atoms with Crippen LogP contribution in [-0.4, -0.2) is 27.1 Å². The molecule has 160 valence electrons. The molecule has 1 amide bonds. The molecule has 0 heterocycles. The Bertz CT molecular complexity index is 1160. The van der Waals surface area contributed by atoms with Gasteiger partial charge in [-0.15, -0.1) is 0 Å². The average molecular weight is 440 g/mol. The van der Waals surface area contributed by atoms with Crippen LogP contribution in [-0.2, 0) is 21.2 Å². The number of hydrogen-bond donors (Lipinski definition) is 1. The second-order valence-corrected chi connectivity index (χ2v) is 8.51. The van der Waals surface area contributed by atoms with Gasteiger partial charge in [0.05, 0.1) is 16.8 Å². The minimum Gasteiger partial charge on any atom is -0.271 e. The first-order valence-corrected chi connectivity index (χ1v) is 11.1. The van der Waals surface area contributed by atoms with E-state index in [9.17, 15) is 17.6 Å². The molecule has 0 aliphatic rings. The van der Waals surface area contributed by atoms with E-state index in [-0.39, 0.29) is 10.7 Å². The van der Waals surface area contributed by atoms with Crippen molar-refractivity contribution in [3.05, 3.63) is 95.8 Å². The van der Waals surface area contributed by atoms with Crippen molar-refractivity contribution in [2.75, 3.05) is 10.8 Å². The van der Waals surface area contributed by atoms with E-state index in [1.807, 2.05) is 19.1 Å². The van der Waals surface area contributed by atoms with Crippen molar-refractivity contribution in [2.24, 2.45) is 5.10 Å². The number of hydrazone groups is 1. The molecule has 8 heteroatoms. The SMILES string of the molecule is CCc1ccccc1N(CC(=O)N/N=C/c1ccc(F)cc1)S(=O)(=O)c1ccccc1. The van der Waals surface area contributed by atoms with Gasteiger partial charge in [0.1, 0.15) is 12.4 Å². The van der Waals surface area contributed by atoms with E-state index in [4.69, 9.17) is 0 Å². The van der Waals surface area contributed by atoms with Gasteiger partial charge in [-0.3, -0.25) is 9.10 Å². The summed E-state index contributed by atoms with van der Waals surface area (Å²) in [6.07, 6.45) is 1.95. The molecular weight excluding hydrogens is 417 g/mol. The Hall–Kier alpha value is -3.52. The molecule has 0 spiro atoms. The minimum atomic E-state index is -3.98. The molecule has 0 radical (unpaired) electrons. The molecule has 31 heavy (non-hydrogen) atoms. The van der Waals surface area contributed by atoms with Crippen LogP contribution in [0.2, 0.25) is 0 Å². The standard InChI is InChI=1S/C23H22FN3O3S/c1-2-19-8-6-7-11-22(19)27(31(29,30)21-9-4-3-5-10-21)17-23(28)26-25-16-18-12-14-20(24)15-13-18/h3-16H,2,17H2,1H3,(H,26,28)/b25-16+. The van der Waals surface area contributed by atoms with E-state index < -0.39 is 22.5 Å². The van der Waals surface area contributed by atoms with E-state index in [1.165, 1.54) is 42.6 Å². The molecule has 0 atom stereocenters. The summed E-state index contributed by atoms with van der Waals surface area (Å²) in [5, 5.41) is 3.85. The number of aryl methyl sites for hydroxylation is 1. The number of hydrogen-bond acceptors (Lipinski definition) is 4. The number of amides is 1. The van der Waals surface area contributed by atoms with Crippen molar-refractivity contribution in [2.45, 2.75) is 18.2 Å². The van der Waals surface area contributed by atoms with Crippen LogP contribution in [0.1, 0.15) is 18.1 Å². The quantitative estimate of drug-likeness (QED) is 0.429. The zero-order valence-electron chi connectivity index (χ0n) is 16.9. The van der Waals surface area contributed by atoms with Crippen LogP contribution in [0.5, 0.6) is 0 Å². The lowest BCUT2D eigenvalue weighted by Crippen LogP contribution is -2.40. The van der Waals surface area contributed by atoms with Gasteiger partial charge in [0.25, 0.3) is 15.9 Å². The van der Waals surface area contributed by atoms with E-state index in [1.54, 1.807) is 30.3 Å². The fourth-order valence-corrected chi connectivity index (χ4v) is 4.45. The number of para-hydroxylation sites is 1. The lowest BCUT2D eigenvalue weighted by molar-refractivity contribution is -0.119. The minimum absolute atomic E-state index is 0.0866. The van der Waals surface area contributed by atoms with Gasteiger partial charge >= 0.3 is 0 Å². The number of sulfonamides is 1. The number of anilines is 1. The number of rotatable bonds is 8. The fourth-order valence-electron chi connectivity index (χ4n) is 2.97. The number of benzene rings is 3. The summed E-state index contributed by atoms with van der Waals surface area (Å²) in [6, 6.07) is 20.6. The summed E-state index contributed by atoms with van der Waals surface area (Å²) in [7, 11) is -3.98. The van der Waals surface area contributed by atoms with Gasteiger partial charge < -0.3 is 0 Å². The molecule has 0 unspecified atom stereocenters. The van der Waals surface area contributed by atoms with Crippen LogP contribution in [0.3, 0.4) is 0 Å². The number of carbonyl (C=O) groups excluding carboxylic acids is 1. The van der Waals surface area contributed by atoms with Crippen LogP contribution < -0.4 is 9.73 Å². The number of halogens is 1. The molecular formula is C23H22FN3O3S. The molecule has 0 aliphatic carbocycles. The Morgan fingerprint density at radius 1 is 1.00 bits per heavy atom. The fraction of sp³-hybridized carbons (Fsp3) is 0.130. The molecule has 3 aromatic carbocycles. The smallest absolute Gasteiger partial charge is 0.264 e. The van der Waals surface area contributed by atoms with E-state index in [0.717, 1.165) is 9.87 Å². The second-order valence-electron chi connectivity index (χ2n) is 6.65. The Morgan fingerprint density at radius 2 is 1.65 bits per heavy atom. The van der Waals surface area contributed by atoms with Gasteiger partial charge in [0, 0.05) is 0 Å². The first-order valence-electron chi connectivity index (χ1n) is 9.65. The van der Waals surface area contributed by atoms with Gasteiger partial charge in [0.15, 0.2) is 0 Å². The lowest BCUT2D eigenvalue weighted by Gasteiger charge is -2.25. The van der Waals surface area contributed by atoms with Gasteiger partial charge in [-0.2, -0.15) is 5.10 Å². The van der Waals surface area contributed by atoms with Crippen molar-refractivity contribution in [1.82, 2.24) is 5.43 Å². The molecule has 0 saturated carbocycles.